The van der Waals surface area contributed by atoms with Crippen LogP contribution in [0.5, 0.6) is 11.5 Å². The Morgan fingerprint density at radius 1 is 1.00 bits per heavy atom. The molecule has 1 aliphatic heterocycles. The minimum atomic E-state index is -0.352. The highest BCUT2D eigenvalue weighted by Crippen LogP contribution is 2.32. The van der Waals surface area contributed by atoms with Crippen LogP contribution in [0.15, 0.2) is 65.5 Å². The third-order valence-corrected chi connectivity index (χ3v) is 4.16. The van der Waals surface area contributed by atoms with E-state index in [9.17, 15) is 9.59 Å². The number of rotatable bonds is 5. The number of aromatic nitrogens is 2. The van der Waals surface area contributed by atoms with Gasteiger partial charge >= 0.3 is 0 Å². The Balaban J connectivity index is 1.45. The van der Waals surface area contributed by atoms with Crippen molar-refractivity contribution in [3.63, 3.8) is 0 Å². The number of fused-ring (bicyclic) bond motifs is 1. The summed E-state index contributed by atoms with van der Waals surface area (Å²) >= 11 is 0. The average Bonchev–Trinajstić information content (AvgIpc) is 3.16. The van der Waals surface area contributed by atoms with Crippen LogP contribution in [-0.2, 0) is 13.1 Å². The molecule has 7 heteroatoms. The van der Waals surface area contributed by atoms with Gasteiger partial charge < -0.3 is 14.8 Å². The number of carbonyl (C=O) groups is 1. The Labute approximate surface area is 155 Å². The summed E-state index contributed by atoms with van der Waals surface area (Å²) in [4.78, 5) is 24.5. The molecule has 27 heavy (non-hydrogen) atoms. The molecule has 0 saturated carbocycles. The number of nitrogens with zero attached hydrogens (tertiary/aromatic N) is 2. The summed E-state index contributed by atoms with van der Waals surface area (Å²) in [6, 6.07) is 17.8. The molecule has 136 valence electrons. The fraction of sp³-hybridized carbons (Fsp3) is 0.150. The third-order valence-electron chi connectivity index (χ3n) is 4.16. The van der Waals surface area contributed by atoms with Gasteiger partial charge in [0.05, 0.1) is 6.54 Å². The van der Waals surface area contributed by atoms with Crippen LogP contribution in [0.2, 0.25) is 0 Å². The lowest BCUT2D eigenvalue weighted by atomic mass is 10.2. The van der Waals surface area contributed by atoms with E-state index in [4.69, 9.17) is 9.47 Å². The van der Waals surface area contributed by atoms with Crippen molar-refractivity contribution in [1.82, 2.24) is 15.1 Å². The van der Waals surface area contributed by atoms with Gasteiger partial charge in [-0.15, -0.1) is 0 Å². The number of benzene rings is 2. The van der Waals surface area contributed by atoms with Gasteiger partial charge in [0.1, 0.15) is 5.69 Å². The summed E-state index contributed by atoms with van der Waals surface area (Å²) in [6.07, 6.45) is 0. The lowest BCUT2D eigenvalue weighted by Crippen LogP contribution is -2.29. The summed E-state index contributed by atoms with van der Waals surface area (Å²) in [5.41, 5.74) is 1.74. The molecule has 2 aromatic carbocycles. The van der Waals surface area contributed by atoms with Crippen molar-refractivity contribution in [3.8, 4) is 11.5 Å². The molecule has 7 nitrogen and oxygen atoms in total. The second kappa shape index (κ2) is 7.33. The van der Waals surface area contributed by atoms with Crippen molar-refractivity contribution in [3.05, 3.63) is 87.8 Å². The molecule has 1 aromatic heterocycles. The Bertz CT molecular complexity index is 1030. The summed E-state index contributed by atoms with van der Waals surface area (Å²) in [5, 5.41) is 6.99. The zero-order valence-corrected chi connectivity index (χ0v) is 14.4. The van der Waals surface area contributed by atoms with Crippen molar-refractivity contribution in [2.75, 3.05) is 6.79 Å². The van der Waals surface area contributed by atoms with E-state index < -0.39 is 0 Å². The fourth-order valence-electron chi connectivity index (χ4n) is 2.76. The number of carbonyl (C=O) groups excluding carboxylic acids is 1. The SMILES string of the molecule is O=C(NCc1ccc2c(c1)OCO2)c1ccc(=O)n(Cc2ccccc2)n1. The number of nitrogens with one attached hydrogen (secondary N) is 1. The van der Waals surface area contributed by atoms with Gasteiger partial charge in [-0.1, -0.05) is 36.4 Å². The van der Waals surface area contributed by atoms with Crippen LogP contribution in [0.4, 0.5) is 0 Å². The van der Waals surface area contributed by atoms with E-state index in [0.717, 1.165) is 11.1 Å². The smallest absolute Gasteiger partial charge is 0.271 e. The van der Waals surface area contributed by atoms with E-state index in [2.05, 4.69) is 10.4 Å². The summed E-state index contributed by atoms with van der Waals surface area (Å²) < 4.78 is 11.9. The maximum atomic E-state index is 12.4. The monoisotopic (exact) mass is 363 g/mol. The zero-order chi connectivity index (χ0) is 18.6. The van der Waals surface area contributed by atoms with E-state index >= 15 is 0 Å². The second-order valence-corrected chi connectivity index (χ2v) is 6.07. The Morgan fingerprint density at radius 3 is 2.67 bits per heavy atom. The van der Waals surface area contributed by atoms with Gasteiger partial charge in [-0.2, -0.15) is 5.10 Å². The molecule has 0 radical (unpaired) electrons. The highest BCUT2D eigenvalue weighted by Gasteiger charge is 2.14. The molecule has 1 N–H and O–H groups in total. The van der Waals surface area contributed by atoms with Gasteiger partial charge in [0, 0.05) is 12.6 Å². The molecule has 0 saturated heterocycles. The molecule has 1 aliphatic rings. The molecule has 2 heterocycles. The Morgan fingerprint density at radius 2 is 1.81 bits per heavy atom. The first-order valence-electron chi connectivity index (χ1n) is 8.48. The largest absolute Gasteiger partial charge is 0.454 e. The van der Waals surface area contributed by atoms with E-state index in [0.29, 0.717) is 24.6 Å². The molecular weight excluding hydrogens is 346 g/mol. The first kappa shape index (κ1) is 16.8. The van der Waals surface area contributed by atoms with Gasteiger partial charge in [0.15, 0.2) is 11.5 Å². The molecule has 0 atom stereocenters. The standard InChI is InChI=1S/C20H17N3O4/c24-19-9-7-16(22-23(19)12-14-4-2-1-3-5-14)20(25)21-11-15-6-8-17-18(10-15)27-13-26-17/h1-10H,11-13H2,(H,21,25). The van der Waals surface area contributed by atoms with Crippen molar-refractivity contribution >= 4 is 5.91 Å². The van der Waals surface area contributed by atoms with Gasteiger partial charge in [-0.3, -0.25) is 9.59 Å². The maximum Gasteiger partial charge on any atom is 0.271 e. The molecule has 0 fully saturated rings. The van der Waals surface area contributed by atoms with Gasteiger partial charge in [0.2, 0.25) is 6.79 Å². The molecule has 3 aromatic rings. The number of hydrogen-bond acceptors (Lipinski definition) is 5. The highest BCUT2D eigenvalue weighted by molar-refractivity contribution is 5.91. The van der Waals surface area contributed by atoms with Crippen LogP contribution in [0.1, 0.15) is 21.6 Å². The van der Waals surface area contributed by atoms with Crippen molar-refractivity contribution in [1.29, 1.82) is 0 Å². The van der Waals surface area contributed by atoms with Crippen molar-refractivity contribution in [2.45, 2.75) is 13.1 Å². The van der Waals surface area contributed by atoms with Crippen LogP contribution < -0.4 is 20.3 Å². The molecule has 0 aliphatic carbocycles. The first-order chi connectivity index (χ1) is 13.2. The number of amides is 1. The summed E-state index contributed by atoms with van der Waals surface area (Å²) in [7, 11) is 0. The number of hydrogen-bond donors (Lipinski definition) is 1. The first-order valence-corrected chi connectivity index (χ1v) is 8.48. The highest BCUT2D eigenvalue weighted by atomic mass is 16.7. The average molecular weight is 363 g/mol. The second-order valence-electron chi connectivity index (χ2n) is 6.07. The van der Waals surface area contributed by atoms with Crippen molar-refractivity contribution in [2.24, 2.45) is 0 Å². The van der Waals surface area contributed by atoms with Crippen LogP contribution >= 0.6 is 0 Å². The molecule has 0 spiro atoms. The normalized spacial score (nSPS) is 12.0. The van der Waals surface area contributed by atoms with E-state index in [1.165, 1.54) is 16.8 Å². The van der Waals surface area contributed by atoms with Crippen LogP contribution in [0.3, 0.4) is 0 Å². The quantitative estimate of drug-likeness (QED) is 0.749. The molecule has 0 bridgehead atoms. The summed E-state index contributed by atoms with van der Waals surface area (Å²) in [5.74, 6) is 1.01. The van der Waals surface area contributed by atoms with Crippen molar-refractivity contribution < 1.29 is 14.3 Å². The van der Waals surface area contributed by atoms with Crippen LogP contribution in [0, 0.1) is 0 Å². The fourth-order valence-corrected chi connectivity index (χ4v) is 2.76. The Hall–Kier alpha value is -3.61. The van der Waals surface area contributed by atoms with Gasteiger partial charge in [0.25, 0.3) is 11.5 Å². The maximum absolute atomic E-state index is 12.4. The molecule has 4 rings (SSSR count). The number of ether oxygens (including phenoxy) is 2. The lowest BCUT2D eigenvalue weighted by molar-refractivity contribution is 0.0943. The zero-order valence-electron chi connectivity index (χ0n) is 14.4. The van der Waals surface area contributed by atoms with Crippen LogP contribution in [-0.4, -0.2) is 22.5 Å². The lowest BCUT2D eigenvalue weighted by Gasteiger charge is -2.08. The summed E-state index contributed by atoms with van der Waals surface area (Å²) in [6.45, 7) is 0.829. The van der Waals surface area contributed by atoms with Gasteiger partial charge in [-0.25, -0.2) is 4.68 Å². The van der Waals surface area contributed by atoms with E-state index in [-0.39, 0.29) is 24.0 Å². The molecular formula is C20H17N3O4. The topological polar surface area (TPSA) is 82.5 Å². The van der Waals surface area contributed by atoms with Gasteiger partial charge in [-0.05, 0) is 29.3 Å². The van der Waals surface area contributed by atoms with E-state index in [1.54, 1.807) is 0 Å². The Kier molecular flexibility index (Phi) is 4.57. The molecule has 0 unspecified atom stereocenters. The predicted octanol–water partition coefficient (Wildman–Crippen LogP) is 1.95. The minimum Gasteiger partial charge on any atom is -0.454 e. The predicted molar refractivity (Wildman–Crippen MR) is 97.8 cm³/mol. The van der Waals surface area contributed by atoms with E-state index in [1.807, 2.05) is 48.5 Å². The minimum absolute atomic E-state index is 0.186. The molecule has 1 amide bonds. The van der Waals surface area contributed by atoms with Crippen LogP contribution in [0.25, 0.3) is 0 Å². The third kappa shape index (κ3) is 3.82.